The molecule has 0 aliphatic carbocycles. The second-order valence-corrected chi connectivity index (χ2v) is 4.99. The zero-order valence-corrected chi connectivity index (χ0v) is 11.5. The number of amides is 1. The van der Waals surface area contributed by atoms with E-state index in [2.05, 4.69) is 0 Å². The summed E-state index contributed by atoms with van der Waals surface area (Å²) in [7, 11) is 1.65. The van der Waals surface area contributed by atoms with Crippen molar-refractivity contribution in [3.63, 3.8) is 0 Å². The van der Waals surface area contributed by atoms with Gasteiger partial charge >= 0.3 is 12.2 Å². The lowest BCUT2D eigenvalue weighted by molar-refractivity contribution is -0.116. The van der Waals surface area contributed by atoms with Gasteiger partial charge in [-0.2, -0.15) is 0 Å². The lowest BCUT2D eigenvalue weighted by Gasteiger charge is -2.33. The number of rotatable bonds is 3. The summed E-state index contributed by atoms with van der Waals surface area (Å²) in [6, 6.07) is 9.58. The van der Waals surface area contributed by atoms with Gasteiger partial charge < -0.3 is 19.1 Å². The first kappa shape index (κ1) is 14.2. The monoisotopic (exact) mass is 279 g/mol. The molecule has 6 nitrogen and oxygen atoms in total. The van der Waals surface area contributed by atoms with Gasteiger partial charge in [0.25, 0.3) is 0 Å². The Morgan fingerprint density at radius 1 is 1.30 bits per heavy atom. The summed E-state index contributed by atoms with van der Waals surface area (Å²) in [5.41, 5.74) is 0.0547. The molecule has 1 saturated heterocycles. The molecule has 0 unspecified atom stereocenters. The zero-order chi connectivity index (χ0) is 14.6. The molecule has 0 bridgehead atoms. The average Bonchev–Trinajstić information content (AvgIpc) is 2.43. The summed E-state index contributed by atoms with van der Waals surface area (Å²) < 4.78 is 14.8. The molecular weight excluding hydrogens is 262 g/mol. The van der Waals surface area contributed by atoms with Crippen LogP contribution in [0.15, 0.2) is 30.3 Å². The Morgan fingerprint density at radius 2 is 1.90 bits per heavy atom. The smallest absolute Gasteiger partial charge is 0.436 e. The van der Waals surface area contributed by atoms with E-state index in [1.807, 2.05) is 30.3 Å². The quantitative estimate of drug-likeness (QED) is 0.793. The van der Waals surface area contributed by atoms with Gasteiger partial charge in [-0.3, -0.25) is 0 Å². The summed E-state index contributed by atoms with van der Waals surface area (Å²) in [5.74, 6) is 0. The van der Waals surface area contributed by atoms with Crippen LogP contribution in [0.3, 0.4) is 0 Å². The van der Waals surface area contributed by atoms with Gasteiger partial charge in [0.1, 0.15) is 13.2 Å². The maximum Gasteiger partial charge on any atom is 0.508 e. The van der Waals surface area contributed by atoms with E-state index in [4.69, 9.17) is 14.2 Å². The second kappa shape index (κ2) is 5.81. The van der Waals surface area contributed by atoms with Crippen LogP contribution >= 0.6 is 0 Å². The molecule has 1 aromatic carbocycles. The molecule has 0 radical (unpaired) electrons. The van der Waals surface area contributed by atoms with Crippen LogP contribution in [0.25, 0.3) is 0 Å². The van der Waals surface area contributed by atoms with Crippen molar-refractivity contribution in [1.82, 2.24) is 4.90 Å². The van der Waals surface area contributed by atoms with E-state index in [9.17, 15) is 9.59 Å². The highest BCUT2D eigenvalue weighted by Crippen LogP contribution is 2.19. The molecular formula is C14H17NO5. The molecule has 1 aromatic rings. The van der Waals surface area contributed by atoms with E-state index in [-0.39, 0.29) is 13.2 Å². The van der Waals surface area contributed by atoms with Gasteiger partial charge in [-0.15, -0.1) is 0 Å². The average molecular weight is 279 g/mol. The lowest BCUT2D eigenvalue weighted by atomic mass is 10.1. The first-order chi connectivity index (χ1) is 9.48. The van der Waals surface area contributed by atoms with Crippen LogP contribution in [0.2, 0.25) is 0 Å². The summed E-state index contributed by atoms with van der Waals surface area (Å²) in [4.78, 5) is 24.3. The van der Waals surface area contributed by atoms with Crippen LogP contribution in [0.4, 0.5) is 9.59 Å². The first-order valence-electron chi connectivity index (χ1n) is 6.26. The molecule has 20 heavy (non-hydrogen) atoms. The minimum atomic E-state index is -0.948. The number of ether oxygens (including phenoxy) is 3. The molecule has 108 valence electrons. The van der Waals surface area contributed by atoms with Crippen molar-refractivity contribution in [1.29, 1.82) is 0 Å². The van der Waals surface area contributed by atoms with E-state index < -0.39 is 17.8 Å². The molecule has 0 aromatic heterocycles. The number of hydrogen-bond donors (Lipinski definition) is 0. The van der Waals surface area contributed by atoms with Crippen molar-refractivity contribution in [2.45, 2.75) is 19.1 Å². The number of cyclic esters (lactones) is 2. The van der Waals surface area contributed by atoms with Crippen LogP contribution in [-0.2, 0) is 20.8 Å². The molecule has 0 saturated carbocycles. The van der Waals surface area contributed by atoms with Gasteiger partial charge in [0.2, 0.25) is 0 Å². The van der Waals surface area contributed by atoms with Gasteiger partial charge in [0.15, 0.2) is 5.60 Å². The standard InChI is InChI=1S/C14H17NO5/c1-14(9-18-13(17)19-10-14)20-12(16)15(2)8-11-6-4-3-5-7-11/h3-7H,8-10H2,1-2H3. The number of nitrogens with zero attached hydrogens (tertiary/aromatic N) is 1. The van der Waals surface area contributed by atoms with Crippen LogP contribution in [-0.4, -0.2) is 43.0 Å². The number of carbonyl (C=O) groups is 2. The first-order valence-corrected chi connectivity index (χ1v) is 6.26. The second-order valence-electron chi connectivity index (χ2n) is 4.99. The molecule has 0 N–H and O–H groups in total. The fourth-order valence-electron chi connectivity index (χ4n) is 1.78. The number of hydrogen-bond acceptors (Lipinski definition) is 5. The molecule has 6 heteroatoms. The number of carbonyl (C=O) groups excluding carboxylic acids is 2. The molecule has 1 aliphatic rings. The summed E-state index contributed by atoms with van der Waals surface area (Å²) >= 11 is 0. The number of benzene rings is 1. The Labute approximate surface area is 117 Å². The van der Waals surface area contributed by atoms with E-state index >= 15 is 0 Å². The highest BCUT2D eigenvalue weighted by molar-refractivity contribution is 5.68. The Kier molecular flexibility index (Phi) is 4.12. The third kappa shape index (κ3) is 3.63. The van der Waals surface area contributed by atoms with Gasteiger partial charge in [0.05, 0.1) is 0 Å². The maximum atomic E-state index is 12.0. The van der Waals surface area contributed by atoms with E-state index in [1.165, 1.54) is 4.90 Å². The maximum absolute atomic E-state index is 12.0. The minimum absolute atomic E-state index is 0.00322. The van der Waals surface area contributed by atoms with E-state index in [0.29, 0.717) is 6.54 Å². The van der Waals surface area contributed by atoms with Gasteiger partial charge in [-0.05, 0) is 12.5 Å². The summed E-state index contributed by atoms with van der Waals surface area (Å²) in [6.45, 7) is 2.09. The van der Waals surface area contributed by atoms with Crippen molar-refractivity contribution in [3.8, 4) is 0 Å². The Bertz CT molecular complexity index is 478. The van der Waals surface area contributed by atoms with Crippen molar-refractivity contribution in [2.75, 3.05) is 20.3 Å². The molecule has 1 fully saturated rings. The topological polar surface area (TPSA) is 65.1 Å². The molecule has 1 amide bonds. The Hall–Kier alpha value is -2.24. The fourth-order valence-corrected chi connectivity index (χ4v) is 1.78. The highest BCUT2D eigenvalue weighted by Gasteiger charge is 2.37. The molecule has 1 aliphatic heterocycles. The van der Waals surface area contributed by atoms with Gasteiger partial charge in [-0.25, -0.2) is 9.59 Å². The zero-order valence-electron chi connectivity index (χ0n) is 11.5. The third-order valence-electron chi connectivity index (χ3n) is 2.90. The largest absolute Gasteiger partial charge is 0.508 e. The lowest BCUT2D eigenvalue weighted by Crippen LogP contribution is -2.48. The van der Waals surface area contributed by atoms with E-state index in [0.717, 1.165) is 5.56 Å². The molecule has 1 heterocycles. The molecule has 0 atom stereocenters. The van der Waals surface area contributed by atoms with E-state index in [1.54, 1.807) is 14.0 Å². The van der Waals surface area contributed by atoms with Gasteiger partial charge in [0, 0.05) is 13.6 Å². The van der Waals surface area contributed by atoms with Crippen molar-refractivity contribution in [3.05, 3.63) is 35.9 Å². The molecule has 2 rings (SSSR count). The van der Waals surface area contributed by atoms with Gasteiger partial charge in [-0.1, -0.05) is 30.3 Å². The van der Waals surface area contributed by atoms with Crippen LogP contribution < -0.4 is 0 Å². The Balaban J connectivity index is 1.89. The summed E-state index contributed by atoms with van der Waals surface area (Å²) in [5, 5.41) is 0. The summed E-state index contributed by atoms with van der Waals surface area (Å²) in [6.07, 6.45) is -1.23. The predicted molar refractivity (Wildman–Crippen MR) is 70.1 cm³/mol. The van der Waals surface area contributed by atoms with Crippen molar-refractivity contribution < 1.29 is 23.8 Å². The fraction of sp³-hybridized carbons (Fsp3) is 0.429. The third-order valence-corrected chi connectivity index (χ3v) is 2.90. The van der Waals surface area contributed by atoms with Crippen molar-refractivity contribution >= 4 is 12.2 Å². The minimum Gasteiger partial charge on any atom is -0.436 e. The van der Waals surface area contributed by atoms with Crippen LogP contribution in [0, 0.1) is 0 Å². The highest BCUT2D eigenvalue weighted by atomic mass is 16.8. The van der Waals surface area contributed by atoms with Crippen LogP contribution in [0.5, 0.6) is 0 Å². The Morgan fingerprint density at radius 3 is 2.50 bits per heavy atom. The van der Waals surface area contributed by atoms with Crippen molar-refractivity contribution in [2.24, 2.45) is 0 Å². The van der Waals surface area contributed by atoms with Crippen LogP contribution in [0.1, 0.15) is 12.5 Å². The SMILES string of the molecule is CN(Cc1ccccc1)C(=O)OC1(C)COC(=O)OC1. The predicted octanol–water partition coefficient (Wildman–Crippen LogP) is 2.18. The molecule has 0 spiro atoms. The normalized spacial score (nSPS) is 16.8.